The van der Waals surface area contributed by atoms with Crippen molar-refractivity contribution in [1.29, 1.82) is 0 Å². The van der Waals surface area contributed by atoms with E-state index in [1.807, 2.05) is 12.1 Å². The topological polar surface area (TPSA) is 86.3 Å². The molecule has 6 heteroatoms. The Morgan fingerprint density at radius 1 is 0.600 bits per heavy atom. The normalized spacial score (nSPS) is 15.7. The van der Waals surface area contributed by atoms with Crippen molar-refractivity contribution in [3.05, 3.63) is 77.9 Å². The Hall–Kier alpha value is -3.54. The first-order valence-corrected chi connectivity index (χ1v) is 10.2. The van der Waals surface area contributed by atoms with Gasteiger partial charge in [0.05, 0.1) is 21.5 Å². The maximum Gasteiger partial charge on any atom is 0.346 e. The molecule has 1 saturated carbocycles. The van der Waals surface area contributed by atoms with Gasteiger partial charge in [-0.15, -0.1) is 0 Å². The largest absolute Gasteiger partial charge is 0.386 e. The van der Waals surface area contributed by atoms with E-state index in [1.165, 1.54) is 4.57 Å². The van der Waals surface area contributed by atoms with E-state index in [-0.39, 0.29) is 27.9 Å². The van der Waals surface area contributed by atoms with Crippen molar-refractivity contribution in [3.8, 4) is 0 Å². The van der Waals surface area contributed by atoms with Crippen molar-refractivity contribution >= 4 is 43.1 Å². The van der Waals surface area contributed by atoms with Crippen molar-refractivity contribution < 1.29 is 4.42 Å². The van der Waals surface area contributed by atoms with Crippen LogP contribution in [0.15, 0.2) is 60.0 Å². The lowest BCUT2D eigenvalue weighted by atomic mass is 9.95. The van der Waals surface area contributed by atoms with Crippen molar-refractivity contribution in [3.63, 3.8) is 0 Å². The molecule has 30 heavy (non-hydrogen) atoms. The van der Waals surface area contributed by atoms with Gasteiger partial charge in [0.2, 0.25) is 0 Å². The van der Waals surface area contributed by atoms with Gasteiger partial charge in [0.25, 0.3) is 11.1 Å². The van der Waals surface area contributed by atoms with Gasteiger partial charge in [-0.1, -0.05) is 19.3 Å². The van der Waals surface area contributed by atoms with Gasteiger partial charge in [-0.3, -0.25) is 14.2 Å². The summed E-state index contributed by atoms with van der Waals surface area (Å²) in [5.74, 6) is 0. The molecule has 3 aromatic carbocycles. The Labute approximate surface area is 168 Å². The van der Waals surface area contributed by atoms with Crippen LogP contribution in [0.4, 0.5) is 0 Å². The van der Waals surface area contributed by atoms with Gasteiger partial charge >= 0.3 is 11.3 Å². The molecule has 0 radical (unpaired) electrons. The van der Waals surface area contributed by atoms with Gasteiger partial charge in [-0.2, -0.15) is 0 Å². The van der Waals surface area contributed by atoms with Gasteiger partial charge in [0, 0.05) is 6.04 Å². The number of benzene rings is 3. The molecular formula is C24H17NO5. The number of aromatic nitrogens is 1. The third-order valence-corrected chi connectivity index (χ3v) is 6.53. The highest BCUT2D eigenvalue weighted by atomic mass is 16.4. The van der Waals surface area contributed by atoms with Crippen LogP contribution in [0, 0.1) is 0 Å². The van der Waals surface area contributed by atoms with E-state index in [4.69, 9.17) is 0 Å². The molecule has 0 saturated heterocycles. The second-order valence-corrected chi connectivity index (χ2v) is 8.29. The molecule has 2 aromatic heterocycles. The molecule has 1 fully saturated rings. The van der Waals surface area contributed by atoms with Crippen molar-refractivity contribution in [2.24, 2.45) is 0 Å². The minimum Gasteiger partial charge on any atom is -0.386 e. The summed E-state index contributed by atoms with van der Waals surface area (Å²) in [4.78, 5) is 49.8. The van der Waals surface area contributed by atoms with Crippen LogP contribution in [0.3, 0.4) is 0 Å². The molecule has 0 spiro atoms. The highest BCUT2D eigenvalue weighted by Crippen LogP contribution is 2.30. The predicted molar refractivity (Wildman–Crippen MR) is 116 cm³/mol. The van der Waals surface area contributed by atoms with Gasteiger partial charge in [0.15, 0.2) is 0 Å². The van der Waals surface area contributed by atoms with Crippen LogP contribution < -0.4 is 22.4 Å². The molecule has 0 aliphatic heterocycles. The maximum absolute atomic E-state index is 13.1. The molecule has 6 rings (SSSR count). The van der Waals surface area contributed by atoms with Crippen LogP contribution in [0.2, 0.25) is 0 Å². The molecule has 1 aliphatic carbocycles. The minimum atomic E-state index is -0.644. The number of furan rings is 1. The van der Waals surface area contributed by atoms with Crippen LogP contribution in [0.25, 0.3) is 43.1 Å². The first-order chi connectivity index (χ1) is 14.5. The van der Waals surface area contributed by atoms with E-state index < -0.39 is 11.3 Å². The molecule has 0 atom stereocenters. The Balaban J connectivity index is 1.66. The quantitative estimate of drug-likeness (QED) is 0.403. The summed E-state index contributed by atoms with van der Waals surface area (Å²) in [6.07, 6.45) is 4.96. The summed E-state index contributed by atoms with van der Waals surface area (Å²) in [6, 6.07) is 10.6. The van der Waals surface area contributed by atoms with Crippen LogP contribution in [-0.4, -0.2) is 4.57 Å². The smallest absolute Gasteiger partial charge is 0.346 e. The Morgan fingerprint density at radius 2 is 1.03 bits per heavy atom. The molecule has 0 amide bonds. The van der Waals surface area contributed by atoms with Crippen molar-refractivity contribution in [1.82, 2.24) is 4.57 Å². The molecule has 0 N–H and O–H groups in total. The molecular weight excluding hydrogens is 382 g/mol. The van der Waals surface area contributed by atoms with Crippen LogP contribution in [0.1, 0.15) is 38.1 Å². The third-order valence-electron chi connectivity index (χ3n) is 6.53. The Kier molecular flexibility index (Phi) is 3.46. The summed E-state index contributed by atoms with van der Waals surface area (Å²) >= 11 is 0. The fourth-order valence-corrected chi connectivity index (χ4v) is 5.01. The molecule has 2 heterocycles. The average Bonchev–Trinajstić information content (AvgIpc) is 3.16. The zero-order valence-electron chi connectivity index (χ0n) is 16.1. The summed E-state index contributed by atoms with van der Waals surface area (Å²) in [7, 11) is 0. The second-order valence-electron chi connectivity index (χ2n) is 8.29. The summed E-state index contributed by atoms with van der Waals surface area (Å²) in [5, 5.41) is 4.55. The van der Waals surface area contributed by atoms with Gasteiger partial charge in [-0.05, 0) is 70.8 Å². The number of hydrogen-bond donors (Lipinski definition) is 0. The number of rotatable bonds is 1. The first kappa shape index (κ1) is 17.3. The van der Waals surface area contributed by atoms with E-state index in [1.54, 1.807) is 24.3 Å². The lowest BCUT2D eigenvalue weighted by Crippen LogP contribution is -2.31. The molecule has 0 bridgehead atoms. The predicted octanol–water partition coefficient (Wildman–Crippen LogP) is 3.52. The fourth-order valence-electron chi connectivity index (χ4n) is 5.01. The van der Waals surface area contributed by atoms with Crippen LogP contribution in [0.5, 0.6) is 0 Å². The lowest BCUT2D eigenvalue weighted by Gasteiger charge is -2.21. The first-order valence-electron chi connectivity index (χ1n) is 10.2. The highest BCUT2D eigenvalue weighted by molar-refractivity contribution is 6.07. The van der Waals surface area contributed by atoms with Crippen molar-refractivity contribution in [2.75, 3.05) is 0 Å². The minimum absolute atomic E-state index is 0.0201. The van der Waals surface area contributed by atoms with Crippen molar-refractivity contribution in [2.45, 2.75) is 38.1 Å². The third kappa shape index (κ3) is 2.30. The number of nitrogens with zero attached hydrogens (tertiary/aromatic N) is 1. The van der Waals surface area contributed by atoms with Gasteiger partial charge < -0.3 is 4.42 Å². The SMILES string of the molecule is O=c1oc(=O)c2cc3cc4cc5c(=O)n(C6CCCCC6)c(=O)c5cc4cc3cc12. The van der Waals surface area contributed by atoms with E-state index in [2.05, 4.69) is 4.42 Å². The molecule has 5 aromatic rings. The van der Waals surface area contributed by atoms with E-state index in [9.17, 15) is 19.2 Å². The van der Waals surface area contributed by atoms with E-state index in [0.29, 0.717) is 10.8 Å². The molecule has 0 unspecified atom stereocenters. The lowest BCUT2D eigenvalue weighted by molar-refractivity contribution is 0.344. The maximum atomic E-state index is 13.1. The highest BCUT2D eigenvalue weighted by Gasteiger charge is 2.23. The van der Waals surface area contributed by atoms with Gasteiger partial charge in [0.1, 0.15) is 0 Å². The summed E-state index contributed by atoms with van der Waals surface area (Å²) in [5.41, 5.74) is -1.72. The Morgan fingerprint density at radius 3 is 1.50 bits per heavy atom. The molecule has 1 aliphatic rings. The van der Waals surface area contributed by atoms with E-state index >= 15 is 0 Å². The fraction of sp³-hybridized carbons (Fsp3) is 0.250. The number of fused-ring (bicyclic) bond motifs is 4. The average molecular weight is 399 g/mol. The monoisotopic (exact) mass is 399 g/mol. The van der Waals surface area contributed by atoms with E-state index in [0.717, 1.165) is 53.6 Å². The van der Waals surface area contributed by atoms with Crippen LogP contribution >= 0.6 is 0 Å². The Bertz CT molecular complexity index is 1590. The summed E-state index contributed by atoms with van der Waals surface area (Å²) < 4.78 is 6.14. The molecule has 6 nitrogen and oxygen atoms in total. The zero-order valence-corrected chi connectivity index (χ0v) is 16.1. The molecule has 148 valence electrons. The summed E-state index contributed by atoms with van der Waals surface area (Å²) in [6.45, 7) is 0. The van der Waals surface area contributed by atoms with Gasteiger partial charge in [-0.25, -0.2) is 9.59 Å². The standard InChI is InChI=1S/C24H17NO5/c26-21-17-8-12-6-14-10-19-20(24(29)30-23(19)28)11-15(14)7-13(12)9-18(17)22(27)25(21)16-4-2-1-3-5-16/h6-11,16H,1-5H2. The number of hydrogen-bond acceptors (Lipinski definition) is 5. The second kappa shape index (κ2) is 5.98. The van der Waals surface area contributed by atoms with Crippen LogP contribution in [-0.2, 0) is 0 Å². The zero-order chi connectivity index (χ0) is 20.6.